The van der Waals surface area contributed by atoms with Crippen molar-refractivity contribution < 1.29 is 34.0 Å². The molecule has 37 heavy (non-hydrogen) atoms. The number of nitrogens with one attached hydrogen (secondary N) is 1. The van der Waals surface area contributed by atoms with Crippen LogP contribution in [0.3, 0.4) is 0 Å². The molecule has 0 unspecified atom stereocenters. The summed E-state index contributed by atoms with van der Waals surface area (Å²) in [5.41, 5.74) is 4.02. The number of carbonyl (C=O) groups is 2. The fourth-order valence-corrected chi connectivity index (χ4v) is 5.85. The van der Waals surface area contributed by atoms with E-state index < -0.39 is 27.4 Å². The Bertz CT molecular complexity index is 1500. The first-order chi connectivity index (χ1) is 17.6. The van der Waals surface area contributed by atoms with Crippen molar-refractivity contribution in [3.63, 3.8) is 0 Å². The van der Waals surface area contributed by atoms with Crippen LogP contribution in [-0.4, -0.2) is 38.1 Å². The van der Waals surface area contributed by atoms with Crippen molar-refractivity contribution in [2.24, 2.45) is 0 Å². The average Bonchev–Trinajstić information content (AvgIpc) is 3.55. The molecule has 1 aliphatic heterocycles. The van der Waals surface area contributed by atoms with Gasteiger partial charge < -0.3 is 14.6 Å². The molecular formula is C28H29NO7S. The number of rotatable bonds is 9. The van der Waals surface area contributed by atoms with Gasteiger partial charge in [0.1, 0.15) is 11.8 Å². The second-order valence-electron chi connectivity index (χ2n) is 9.60. The Morgan fingerprint density at radius 3 is 2.41 bits per heavy atom. The Hall–Kier alpha value is -3.69. The van der Waals surface area contributed by atoms with Crippen LogP contribution in [0, 0.1) is 6.92 Å². The van der Waals surface area contributed by atoms with Crippen LogP contribution in [0.1, 0.15) is 37.9 Å². The molecule has 0 amide bonds. The van der Waals surface area contributed by atoms with Gasteiger partial charge in [0, 0.05) is 7.85 Å². The molecule has 0 bridgehead atoms. The van der Waals surface area contributed by atoms with Gasteiger partial charge in [0.15, 0.2) is 11.5 Å². The van der Waals surface area contributed by atoms with Crippen molar-refractivity contribution in [2.75, 3.05) is 6.79 Å². The van der Waals surface area contributed by atoms with E-state index in [1.165, 1.54) is 19.1 Å². The molecule has 2 aliphatic rings. The molecule has 2 N–H and O–H groups in total. The zero-order valence-corrected chi connectivity index (χ0v) is 21.3. The van der Waals surface area contributed by atoms with E-state index in [1.807, 2.05) is 43.3 Å². The second kappa shape index (κ2) is 9.32. The number of benzene rings is 3. The van der Waals surface area contributed by atoms with Crippen LogP contribution in [0.4, 0.5) is 0 Å². The number of carboxylic acid groups (broad SMARTS) is 1. The number of carboxylic acids is 1. The van der Waals surface area contributed by atoms with E-state index in [2.05, 4.69) is 4.72 Å². The fourth-order valence-electron chi connectivity index (χ4n) is 4.66. The quantitative estimate of drug-likeness (QED) is 0.431. The molecule has 1 saturated carbocycles. The zero-order valence-electron chi connectivity index (χ0n) is 20.5. The minimum atomic E-state index is -3.97. The monoisotopic (exact) mass is 523 g/mol. The summed E-state index contributed by atoms with van der Waals surface area (Å²) in [7, 11) is -3.97. The minimum Gasteiger partial charge on any atom is -0.480 e. The largest absolute Gasteiger partial charge is 0.480 e. The number of ether oxygens (including phenoxy) is 2. The van der Waals surface area contributed by atoms with Crippen LogP contribution in [0.2, 0.25) is 0 Å². The number of sulfonamides is 1. The fraction of sp³-hybridized carbons (Fsp3) is 0.286. The number of ketones is 1. The predicted molar refractivity (Wildman–Crippen MR) is 138 cm³/mol. The molecule has 194 valence electrons. The summed E-state index contributed by atoms with van der Waals surface area (Å²) in [6.45, 7) is 3.41. The Balaban J connectivity index is 0.00000336. The molecule has 8 nitrogen and oxygen atoms in total. The molecule has 1 aliphatic carbocycles. The zero-order chi connectivity index (χ0) is 26.4. The maximum Gasteiger partial charge on any atom is 0.321 e. The standard InChI is InChI=1S/C28H27NO7S.H2/c1-17-3-4-19(14-26(30)28(11-12-28)21-7-10-24-25(15-21)36-16-35-24)13-23(17)20-5-8-22(9-6-20)37(33,34)29-18(2)27(31)32;/h3-10,13,15,18,29H,11-12,14,16H2,1-2H3,(H,31,32);1H/t18-;/m1./s1. The SMILES string of the molecule is Cc1ccc(CC(=O)C2(c3ccc4c(c3)OCO4)CC2)cc1-c1ccc(S(=O)(=O)N[C@H](C)C(=O)O)cc1.[HH]. The summed E-state index contributed by atoms with van der Waals surface area (Å²) < 4.78 is 38.0. The first kappa shape index (κ1) is 25.0. The second-order valence-corrected chi connectivity index (χ2v) is 11.3. The normalized spacial score (nSPS) is 16.3. The molecule has 0 aromatic heterocycles. The summed E-state index contributed by atoms with van der Waals surface area (Å²) in [6.07, 6.45) is 1.88. The van der Waals surface area contributed by atoms with E-state index in [0.717, 1.165) is 40.7 Å². The third-order valence-corrected chi connectivity index (χ3v) is 8.61. The third-order valence-electron chi connectivity index (χ3n) is 7.05. The van der Waals surface area contributed by atoms with E-state index in [9.17, 15) is 18.0 Å². The lowest BCUT2D eigenvalue weighted by Crippen LogP contribution is -2.38. The first-order valence-corrected chi connectivity index (χ1v) is 13.5. The molecular weight excluding hydrogens is 494 g/mol. The van der Waals surface area contributed by atoms with Gasteiger partial charge in [0.2, 0.25) is 16.8 Å². The predicted octanol–water partition coefficient (Wildman–Crippen LogP) is 4.23. The molecule has 5 rings (SSSR count). The van der Waals surface area contributed by atoms with Gasteiger partial charge in [-0.3, -0.25) is 9.59 Å². The van der Waals surface area contributed by atoms with Gasteiger partial charge in [-0.15, -0.1) is 0 Å². The summed E-state index contributed by atoms with van der Waals surface area (Å²) >= 11 is 0. The summed E-state index contributed by atoms with van der Waals surface area (Å²) in [5, 5.41) is 9.00. The van der Waals surface area contributed by atoms with Crippen LogP contribution < -0.4 is 14.2 Å². The number of fused-ring (bicyclic) bond motifs is 1. The van der Waals surface area contributed by atoms with Gasteiger partial charge in [-0.1, -0.05) is 36.4 Å². The maximum absolute atomic E-state index is 13.4. The van der Waals surface area contributed by atoms with Crippen molar-refractivity contribution in [1.29, 1.82) is 0 Å². The molecule has 3 aromatic carbocycles. The van der Waals surface area contributed by atoms with Gasteiger partial charge in [0.25, 0.3) is 0 Å². The van der Waals surface area contributed by atoms with Crippen LogP contribution >= 0.6 is 0 Å². The van der Waals surface area contributed by atoms with Crippen molar-refractivity contribution in [3.8, 4) is 22.6 Å². The highest BCUT2D eigenvalue weighted by Gasteiger charge is 2.50. The summed E-state index contributed by atoms with van der Waals surface area (Å²) in [4.78, 5) is 24.4. The minimum absolute atomic E-state index is 0. The number of aliphatic carboxylic acids is 1. The van der Waals surface area contributed by atoms with Crippen LogP contribution in [0.15, 0.2) is 65.6 Å². The number of hydrogen-bond acceptors (Lipinski definition) is 6. The number of aryl methyl sites for hydroxylation is 1. The number of carbonyl (C=O) groups excluding carboxylic acids is 1. The lowest BCUT2D eigenvalue weighted by molar-refractivity contribution is -0.138. The summed E-state index contributed by atoms with van der Waals surface area (Å²) in [5.74, 6) is 0.267. The highest BCUT2D eigenvalue weighted by atomic mass is 32.2. The van der Waals surface area contributed by atoms with Gasteiger partial charge >= 0.3 is 5.97 Å². The maximum atomic E-state index is 13.4. The lowest BCUT2D eigenvalue weighted by Gasteiger charge is -2.16. The van der Waals surface area contributed by atoms with Crippen molar-refractivity contribution in [1.82, 2.24) is 4.72 Å². The van der Waals surface area contributed by atoms with E-state index in [-0.39, 0.29) is 25.3 Å². The van der Waals surface area contributed by atoms with Gasteiger partial charge in [-0.25, -0.2) is 8.42 Å². The van der Waals surface area contributed by atoms with Gasteiger partial charge in [-0.2, -0.15) is 4.72 Å². The average molecular weight is 524 g/mol. The smallest absolute Gasteiger partial charge is 0.321 e. The lowest BCUT2D eigenvalue weighted by atomic mass is 9.87. The molecule has 0 saturated heterocycles. The van der Waals surface area contributed by atoms with Crippen LogP contribution in [-0.2, 0) is 31.4 Å². The van der Waals surface area contributed by atoms with Gasteiger partial charge in [0.05, 0.1) is 10.3 Å². The van der Waals surface area contributed by atoms with Crippen LogP contribution in [0.25, 0.3) is 11.1 Å². The van der Waals surface area contributed by atoms with Crippen molar-refractivity contribution >= 4 is 21.8 Å². The van der Waals surface area contributed by atoms with E-state index in [4.69, 9.17) is 14.6 Å². The third kappa shape index (κ3) is 4.84. The Labute approximate surface area is 216 Å². The highest BCUT2D eigenvalue weighted by Crippen LogP contribution is 2.51. The van der Waals surface area contributed by atoms with Crippen molar-refractivity contribution in [3.05, 3.63) is 77.4 Å². The number of Topliss-reactive ketones (excluding diaryl/α,β-unsaturated/α-hetero) is 1. The van der Waals surface area contributed by atoms with E-state index in [0.29, 0.717) is 11.5 Å². The van der Waals surface area contributed by atoms with Gasteiger partial charge in [-0.05, 0) is 78.8 Å². The Kier molecular flexibility index (Phi) is 6.29. The van der Waals surface area contributed by atoms with Crippen molar-refractivity contribution in [2.45, 2.75) is 49.5 Å². The Morgan fingerprint density at radius 2 is 1.73 bits per heavy atom. The molecule has 1 fully saturated rings. The van der Waals surface area contributed by atoms with E-state index >= 15 is 0 Å². The van der Waals surface area contributed by atoms with E-state index in [1.54, 1.807) is 12.1 Å². The molecule has 1 heterocycles. The molecule has 0 radical (unpaired) electrons. The molecule has 9 heteroatoms. The highest BCUT2D eigenvalue weighted by molar-refractivity contribution is 7.89. The topological polar surface area (TPSA) is 119 Å². The van der Waals surface area contributed by atoms with Crippen LogP contribution in [0.5, 0.6) is 11.5 Å². The molecule has 1 atom stereocenters. The molecule has 3 aromatic rings. The first-order valence-electron chi connectivity index (χ1n) is 12.0. The Morgan fingerprint density at radius 1 is 1.03 bits per heavy atom. The summed E-state index contributed by atoms with van der Waals surface area (Å²) in [6, 6.07) is 16.6. The number of hydrogen-bond donors (Lipinski definition) is 2. The molecule has 0 spiro atoms.